The number of thiazole rings is 1. The largest absolute Gasteiger partial charge is 0.383 e. The first-order valence-electron chi connectivity index (χ1n) is 8.18. The lowest BCUT2D eigenvalue weighted by Gasteiger charge is -2.24. The molecular formula is C18H17N3O3S3. The Labute approximate surface area is 165 Å². The molecule has 0 fully saturated rings. The monoisotopic (exact) mass is 419 g/mol. The van der Waals surface area contributed by atoms with Gasteiger partial charge in [-0.2, -0.15) is 0 Å². The Hall–Kier alpha value is -2.20. The number of para-hydroxylation sites is 1. The van der Waals surface area contributed by atoms with Gasteiger partial charge in [0.2, 0.25) is 0 Å². The number of aromatic nitrogens is 2. The summed E-state index contributed by atoms with van der Waals surface area (Å²) >= 11 is 2.74. The Balaban J connectivity index is 1.86. The van der Waals surface area contributed by atoms with E-state index in [1.165, 1.54) is 27.0 Å². The fourth-order valence-corrected chi connectivity index (χ4v) is 6.06. The number of nitrogens with one attached hydrogen (secondary N) is 1. The molecule has 0 aliphatic heterocycles. The number of thiophene rings is 1. The summed E-state index contributed by atoms with van der Waals surface area (Å²) in [5.41, 5.74) is 2.23. The molecule has 27 heavy (non-hydrogen) atoms. The summed E-state index contributed by atoms with van der Waals surface area (Å²) < 4.78 is 33.3. The summed E-state index contributed by atoms with van der Waals surface area (Å²) in [5, 5.41) is 5.47. The third-order valence-electron chi connectivity index (χ3n) is 4.10. The molecule has 4 rings (SSSR count). The van der Waals surface area contributed by atoms with Crippen molar-refractivity contribution < 1.29 is 13.2 Å². The molecule has 3 aromatic heterocycles. The zero-order valence-corrected chi connectivity index (χ0v) is 16.9. The normalized spacial score (nSPS) is 11.9. The molecule has 1 N–H and O–H groups in total. The minimum atomic E-state index is -3.68. The Bertz CT molecular complexity index is 1130. The zero-order chi connectivity index (χ0) is 18.9. The molecule has 0 atom stereocenters. The fourth-order valence-electron chi connectivity index (χ4n) is 2.88. The van der Waals surface area contributed by atoms with Crippen molar-refractivity contribution in [2.75, 3.05) is 24.6 Å². The van der Waals surface area contributed by atoms with Crippen molar-refractivity contribution in [1.29, 1.82) is 0 Å². The molecule has 0 aliphatic carbocycles. The summed E-state index contributed by atoms with van der Waals surface area (Å²) in [5.74, 6) is 0. The number of benzene rings is 1. The molecule has 0 aliphatic rings. The lowest BCUT2D eigenvalue weighted by Crippen LogP contribution is -2.33. The van der Waals surface area contributed by atoms with Crippen LogP contribution in [-0.4, -0.2) is 38.6 Å². The van der Waals surface area contributed by atoms with Crippen molar-refractivity contribution in [3.05, 3.63) is 53.4 Å². The van der Waals surface area contributed by atoms with Crippen LogP contribution in [0.25, 0.3) is 21.6 Å². The average molecular weight is 420 g/mol. The molecule has 0 saturated heterocycles. The van der Waals surface area contributed by atoms with Crippen LogP contribution in [-0.2, 0) is 14.8 Å². The highest BCUT2D eigenvalue weighted by Crippen LogP contribution is 2.34. The second-order valence-corrected chi connectivity index (χ2v) is 9.70. The van der Waals surface area contributed by atoms with Crippen LogP contribution in [0.15, 0.2) is 57.6 Å². The molecule has 0 saturated carbocycles. The minimum Gasteiger partial charge on any atom is -0.383 e. The summed E-state index contributed by atoms with van der Waals surface area (Å²) in [4.78, 5) is 7.68. The number of H-pyrrole nitrogens is 1. The number of hydrogen-bond donors (Lipinski definition) is 1. The van der Waals surface area contributed by atoms with E-state index in [2.05, 4.69) is 9.97 Å². The molecule has 9 heteroatoms. The van der Waals surface area contributed by atoms with Gasteiger partial charge in [0.25, 0.3) is 10.0 Å². The van der Waals surface area contributed by atoms with Gasteiger partial charge in [-0.1, -0.05) is 18.2 Å². The van der Waals surface area contributed by atoms with Gasteiger partial charge in [0.1, 0.15) is 9.22 Å². The minimum absolute atomic E-state index is 0.224. The zero-order valence-electron chi connectivity index (χ0n) is 14.5. The number of fused-ring (bicyclic) bond motifs is 1. The maximum Gasteiger partial charge on any atom is 0.273 e. The summed E-state index contributed by atoms with van der Waals surface area (Å²) in [6.45, 7) is 0.516. The number of methoxy groups -OCH3 is 1. The molecule has 3 heterocycles. The van der Waals surface area contributed by atoms with Crippen molar-refractivity contribution in [2.24, 2.45) is 0 Å². The molecular weight excluding hydrogens is 402 g/mol. The number of ether oxygens (including phenoxy) is 1. The maximum atomic E-state index is 13.2. The number of anilines is 1. The van der Waals surface area contributed by atoms with Crippen molar-refractivity contribution in [3.8, 4) is 10.7 Å². The average Bonchev–Trinajstić information content (AvgIpc) is 3.42. The quantitative estimate of drug-likeness (QED) is 0.487. The molecule has 0 unspecified atom stereocenters. The van der Waals surface area contributed by atoms with Gasteiger partial charge in [-0.15, -0.1) is 22.7 Å². The van der Waals surface area contributed by atoms with Crippen LogP contribution in [0.4, 0.5) is 5.69 Å². The van der Waals surface area contributed by atoms with Gasteiger partial charge in [0, 0.05) is 24.1 Å². The van der Waals surface area contributed by atoms with E-state index < -0.39 is 10.0 Å². The van der Waals surface area contributed by atoms with Crippen molar-refractivity contribution in [1.82, 2.24) is 9.97 Å². The second kappa shape index (κ2) is 7.43. The molecule has 6 nitrogen and oxygen atoms in total. The summed E-state index contributed by atoms with van der Waals surface area (Å²) in [6, 6.07) is 11.0. The highest BCUT2D eigenvalue weighted by Gasteiger charge is 2.27. The first kappa shape index (κ1) is 18.2. The highest BCUT2D eigenvalue weighted by atomic mass is 32.2. The first-order valence-corrected chi connectivity index (χ1v) is 11.4. The van der Waals surface area contributed by atoms with Crippen molar-refractivity contribution in [3.63, 3.8) is 0 Å². The van der Waals surface area contributed by atoms with E-state index in [0.29, 0.717) is 16.5 Å². The van der Waals surface area contributed by atoms with E-state index in [1.54, 1.807) is 30.8 Å². The third kappa shape index (κ3) is 3.39. The molecule has 0 bridgehead atoms. The summed E-state index contributed by atoms with van der Waals surface area (Å²) in [7, 11) is -2.12. The number of nitrogens with zero attached hydrogens (tertiary/aromatic N) is 2. The van der Waals surface area contributed by atoms with E-state index >= 15 is 0 Å². The van der Waals surface area contributed by atoms with Crippen LogP contribution in [0, 0.1) is 0 Å². The standard InChI is InChI=1S/C18H17N3O3S3/c1-24-9-8-21(27(22,23)16-6-3-10-25-16)15-5-2-4-13-12-14(20-17(13)15)18-19-7-11-26-18/h2-7,10-12,20H,8-9H2,1H3. The Morgan fingerprint density at radius 2 is 2.07 bits per heavy atom. The predicted octanol–water partition coefficient (Wildman–Crippen LogP) is 4.19. The van der Waals surface area contributed by atoms with Crippen molar-refractivity contribution in [2.45, 2.75) is 4.21 Å². The molecule has 1 aromatic carbocycles. The molecule has 0 radical (unpaired) electrons. The third-order valence-corrected chi connectivity index (χ3v) is 8.10. The van der Waals surface area contributed by atoms with E-state index in [-0.39, 0.29) is 6.54 Å². The van der Waals surface area contributed by atoms with Crippen LogP contribution >= 0.6 is 22.7 Å². The van der Waals surface area contributed by atoms with Crippen LogP contribution in [0.2, 0.25) is 0 Å². The maximum absolute atomic E-state index is 13.2. The van der Waals surface area contributed by atoms with Gasteiger partial charge < -0.3 is 9.72 Å². The van der Waals surface area contributed by atoms with Gasteiger partial charge in [-0.3, -0.25) is 4.31 Å². The molecule has 0 amide bonds. The highest BCUT2D eigenvalue weighted by molar-refractivity contribution is 7.94. The van der Waals surface area contributed by atoms with E-state index in [4.69, 9.17) is 4.74 Å². The van der Waals surface area contributed by atoms with E-state index in [0.717, 1.165) is 21.6 Å². The Morgan fingerprint density at radius 3 is 2.78 bits per heavy atom. The molecule has 140 valence electrons. The topological polar surface area (TPSA) is 75.3 Å². The van der Waals surface area contributed by atoms with Crippen LogP contribution < -0.4 is 4.31 Å². The summed E-state index contributed by atoms with van der Waals surface area (Å²) in [6.07, 6.45) is 1.75. The number of rotatable bonds is 7. The van der Waals surface area contributed by atoms with Crippen LogP contribution in [0.1, 0.15) is 0 Å². The fraction of sp³-hybridized carbons (Fsp3) is 0.167. The molecule has 0 spiro atoms. The second-order valence-electron chi connectivity index (χ2n) is 5.76. The predicted molar refractivity (Wildman–Crippen MR) is 110 cm³/mol. The number of hydrogen-bond acceptors (Lipinski definition) is 6. The lowest BCUT2D eigenvalue weighted by atomic mass is 10.2. The number of sulfonamides is 1. The van der Waals surface area contributed by atoms with Gasteiger partial charge >= 0.3 is 0 Å². The Morgan fingerprint density at radius 1 is 1.19 bits per heavy atom. The van der Waals surface area contributed by atoms with Crippen LogP contribution in [0.3, 0.4) is 0 Å². The lowest BCUT2D eigenvalue weighted by molar-refractivity contribution is 0.208. The van der Waals surface area contributed by atoms with Gasteiger partial charge in [0.15, 0.2) is 0 Å². The van der Waals surface area contributed by atoms with Gasteiger partial charge in [0.05, 0.1) is 30.0 Å². The Kier molecular flexibility index (Phi) is 5.00. The van der Waals surface area contributed by atoms with Gasteiger partial charge in [-0.05, 0) is 23.6 Å². The van der Waals surface area contributed by atoms with E-state index in [9.17, 15) is 8.42 Å². The first-order chi connectivity index (χ1) is 13.1. The van der Waals surface area contributed by atoms with Gasteiger partial charge in [-0.25, -0.2) is 13.4 Å². The smallest absolute Gasteiger partial charge is 0.273 e. The van der Waals surface area contributed by atoms with Crippen LogP contribution in [0.5, 0.6) is 0 Å². The van der Waals surface area contributed by atoms with Crippen molar-refractivity contribution >= 4 is 49.3 Å². The SMILES string of the molecule is COCCN(c1cccc2cc(-c3nccs3)[nH]c12)S(=O)(=O)c1cccs1. The number of aromatic amines is 1. The van der Waals surface area contributed by atoms with E-state index in [1.807, 2.05) is 29.6 Å². The molecule has 4 aromatic rings.